The van der Waals surface area contributed by atoms with Crippen molar-refractivity contribution < 1.29 is 5.11 Å². The minimum atomic E-state index is 0.306. The van der Waals surface area contributed by atoms with Gasteiger partial charge in [0.15, 0.2) is 0 Å². The van der Waals surface area contributed by atoms with Crippen molar-refractivity contribution in [3.05, 3.63) is 0 Å². The van der Waals surface area contributed by atoms with Crippen molar-refractivity contribution in [3.63, 3.8) is 0 Å². The zero-order chi connectivity index (χ0) is 12.2. The molecule has 3 N–H and O–H groups in total. The molecule has 17 heavy (non-hydrogen) atoms. The van der Waals surface area contributed by atoms with Crippen LogP contribution in [-0.4, -0.2) is 71.9 Å². The molecule has 0 aromatic carbocycles. The van der Waals surface area contributed by atoms with E-state index in [9.17, 15) is 5.11 Å². The van der Waals surface area contributed by atoms with E-state index < -0.39 is 0 Å². The third kappa shape index (κ3) is 9.50. The number of aliphatic hydroxyl groups is 1. The summed E-state index contributed by atoms with van der Waals surface area (Å²) >= 11 is 5.85. The quantitative estimate of drug-likeness (QED) is 0.663. The van der Waals surface area contributed by atoms with Crippen LogP contribution >= 0.6 is 35.3 Å². The molecule has 102 valence electrons. The molecule has 1 rings (SSSR count). The summed E-state index contributed by atoms with van der Waals surface area (Å²) in [7, 11) is 0. The smallest absolute Gasteiger partial charge is 0.0558 e. The minimum Gasteiger partial charge on any atom is -0.395 e. The summed E-state index contributed by atoms with van der Waals surface area (Å²) < 4.78 is 0. The average molecular weight is 297 g/mol. The van der Waals surface area contributed by atoms with Gasteiger partial charge in [0.25, 0.3) is 0 Å². The van der Waals surface area contributed by atoms with Gasteiger partial charge in [0, 0.05) is 60.2 Å². The Labute approximate surface area is 118 Å². The van der Waals surface area contributed by atoms with Crippen molar-refractivity contribution in [2.75, 3.05) is 61.6 Å². The van der Waals surface area contributed by atoms with E-state index in [1.165, 1.54) is 11.5 Å². The first-order valence-corrected chi connectivity index (χ1v) is 9.58. The molecule has 0 aliphatic carbocycles. The Morgan fingerprint density at radius 1 is 0.882 bits per heavy atom. The topological polar surface area (TPSA) is 44.3 Å². The van der Waals surface area contributed by atoms with E-state index in [1.807, 2.05) is 35.3 Å². The second-order valence-electron chi connectivity index (χ2n) is 3.86. The van der Waals surface area contributed by atoms with Gasteiger partial charge in [0.2, 0.25) is 0 Å². The molecule has 1 fully saturated rings. The number of nitrogens with one attached hydrogen (secondary N) is 2. The maximum atomic E-state index is 9.27. The molecular formula is C11H24N2OS3. The third-order valence-corrected chi connectivity index (χ3v) is 5.96. The van der Waals surface area contributed by atoms with Gasteiger partial charge in [-0.15, -0.1) is 0 Å². The summed E-state index contributed by atoms with van der Waals surface area (Å²) in [5.41, 5.74) is 0. The Kier molecular flexibility index (Phi) is 11.3. The molecule has 1 aliphatic heterocycles. The predicted octanol–water partition coefficient (Wildman–Crippen LogP) is 0.740. The maximum Gasteiger partial charge on any atom is 0.0558 e. The Bertz CT molecular complexity index is 159. The lowest BCUT2D eigenvalue weighted by molar-refractivity contribution is 0.301. The van der Waals surface area contributed by atoms with E-state index in [0.29, 0.717) is 11.9 Å². The van der Waals surface area contributed by atoms with Gasteiger partial charge in [-0.05, 0) is 0 Å². The van der Waals surface area contributed by atoms with Crippen molar-refractivity contribution in [1.82, 2.24) is 10.6 Å². The van der Waals surface area contributed by atoms with Crippen LogP contribution in [0.1, 0.15) is 0 Å². The Hall–Kier alpha value is 0.930. The highest BCUT2D eigenvalue weighted by Gasteiger charge is 2.07. The van der Waals surface area contributed by atoms with Gasteiger partial charge < -0.3 is 15.7 Å². The van der Waals surface area contributed by atoms with Gasteiger partial charge >= 0.3 is 0 Å². The molecule has 1 atom stereocenters. The van der Waals surface area contributed by atoms with E-state index in [0.717, 1.165) is 43.4 Å². The van der Waals surface area contributed by atoms with Gasteiger partial charge in [0.05, 0.1) is 6.61 Å². The third-order valence-electron chi connectivity index (χ3n) is 2.41. The SMILES string of the molecule is OC[C@H]1CSCCNCCSCCNCCS1. The molecule has 0 aromatic rings. The molecule has 0 spiro atoms. The van der Waals surface area contributed by atoms with Crippen molar-refractivity contribution in [3.8, 4) is 0 Å². The largest absolute Gasteiger partial charge is 0.395 e. The number of rotatable bonds is 1. The van der Waals surface area contributed by atoms with Crippen LogP contribution in [0.3, 0.4) is 0 Å². The lowest BCUT2D eigenvalue weighted by Gasteiger charge is -2.13. The summed E-state index contributed by atoms with van der Waals surface area (Å²) in [4.78, 5) is 0. The first kappa shape index (κ1) is 16.0. The number of hydrogen-bond acceptors (Lipinski definition) is 6. The van der Waals surface area contributed by atoms with Crippen LogP contribution in [0.25, 0.3) is 0 Å². The summed E-state index contributed by atoms with van der Waals surface area (Å²) in [6.45, 7) is 4.67. The van der Waals surface area contributed by atoms with Crippen molar-refractivity contribution in [2.24, 2.45) is 0 Å². The number of aliphatic hydroxyl groups excluding tert-OH is 1. The highest BCUT2D eigenvalue weighted by molar-refractivity contribution is 8.03. The fourth-order valence-electron chi connectivity index (χ4n) is 1.45. The van der Waals surface area contributed by atoms with Gasteiger partial charge in [0.1, 0.15) is 0 Å². The molecule has 3 nitrogen and oxygen atoms in total. The molecular weight excluding hydrogens is 272 g/mol. The lowest BCUT2D eigenvalue weighted by atomic mass is 10.5. The van der Waals surface area contributed by atoms with Gasteiger partial charge in [-0.2, -0.15) is 35.3 Å². The Morgan fingerprint density at radius 2 is 1.47 bits per heavy atom. The summed E-state index contributed by atoms with van der Waals surface area (Å²) in [5.74, 6) is 5.73. The average Bonchev–Trinajstić information content (AvgIpc) is 2.36. The molecule has 1 saturated heterocycles. The fourth-order valence-corrected chi connectivity index (χ4v) is 4.43. The van der Waals surface area contributed by atoms with Crippen LogP contribution < -0.4 is 10.6 Å². The maximum absolute atomic E-state index is 9.27. The zero-order valence-electron chi connectivity index (χ0n) is 10.3. The van der Waals surface area contributed by atoms with E-state index in [4.69, 9.17) is 0 Å². The highest BCUT2D eigenvalue weighted by Crippen LogP contribution is 2.15. The summed E-state index contributed by atoms with van der Waals surface area (Å²) in [5, 5.41) is 16.6. The normalized spacial score (nSPS) is 27.0. The fraction of sp³-hybridized carbons (Fsp3) is 1.00. The van der Waals surface area contributed by atoms with E-state index in [2.05, 4.69) is 10.6 Å². The molecule has 0 radical (unpaired) electrons. The summed E-state index contributed by atoms with van der Waals surface area (Å²) in [6.07, 6.45) is 0. The van der Waals surface area contributed by atoms with Crippen LogP contribution in [0.2, 0.25) is 0 Å². The molecule has 0 saturated carbocycles. The zero-order valence-corrected chi connectivity index (χ0v) is 12.8. The van der Waals surface area contributed by atoms with Crippen LogP contribution in [0.4, 0.5) is 0 Å². The van der Waals surface area contributed by atoms with E-state index >= 15 is 0 Å². The molecule has 6 heteroatoms. The van der Waals surface area contributed by atoms with E-state index in [-0.39, 0.29) is 0 Å². The number of hydrogen-bond donors (Lipinski definition) is 3. The monoisotopic (exact) mass is 296 g/mol. The molecule has 1 heterocycles. The van der Waals surface area contributed by atoms with Crippen molar-refractivity contribution in [1.29, 1.82) is 0 Å². The first-order chi connectivity index (χ1) is 8.43. The van der Waals surface area contributed by atoms with Crippen LogP contribution in [0.15, 0.2) is 0 Å². The Balaban J connectivity index is 2.16. The standard InChI is InChI=1S/C11H24N2OS3/c14-9-11-10-16-7-3-12-1-5-15-6-2-13-4-8-17-11/h11-14H,1-10H2/t11-/m0/s1. The van der Waals surface area contributed by atoms with Crippen LogP contribution in [0, 0.1) is 0 Å². The number of thioether (sulfide) groups is 3. The molecule has 1 aliphatic rings. The molecule has 0 aromatic heterocycles. The van der Waals surface area contributed by atoms with Gasteiger partial charge in [-0.3, -0.25) is 0 Å². The molecule has 0 unspecified atom stereocenters. The molecule has 0 bridgehead atoms. The van der Waals surface area contributed by atoms with Crippen molar-refractivity contribution >= 4 is 35.3 Å². The van der Waals surface area contributed by atoms with Gasteiger partial charge in [-0.1, -0.05) is 0 Å². The van der Waals surface area contributed by atoms with Crippen molar-refractivity contribution in [2.45, 2.75) is 5.25 Å². The minimum absolute atomic E-state index is 0.306. The van der Waals surface area contributed by atoms with E-state index in [1.54, 1.807) is 0 Å². The summed E-state index contributed by atoms with van der Waals surface area (Å²) in [6, 6.07) is 0. The molecule has 0 amide bonds. The second-order valence-corrected chi connectivity index (χ2v) is 7.65. The first-order valence-electron chi connectivity index (χ1n) is 6.23. The lowest BCUT2D eigenvalue weighted by Crippen LogP contribution is -2.22. The van der Waals surface area contributed by atoms with Gasteiger partial charge in [-0.25, -0.2) is 0 Å². The second kappa shape index (κ2) is 12.0. The van der Waals surface area contributed by atoms with Crippen LogP contribution in [-0.2, 0) is 0 Å². The highest BCUT2D eigenvalue weighted by atomic mass is 32.2. The van der Waals surface area contributed by atoms with Crippen LogP contribution in [0.5, 0.6) is 0 Å². The Morgan fingerprint density at radius 3 is 2.12 bits per heavy atom. The predicted molar refractivity (Wildman–Crippen MR) is 83.7 cm³/mol.